The summed E-state index contributed by atoms with van der Waals surface area (Å²) in [5.74, 6) is 0.700. The molecule has 1 aliphatic heterocycles. The molecule has 2 heterocycles. The van der Waals surface area contributed by atoms with E-state index < -0.39 is 10.0 Å². The molecule has 0 unspecified atom stereocenters. The van der Waals surface area contributed by atoms with E-state index >= 15 is 0 Å². The van der Waals surface area contributed by atoms with Gasteiger partial charge in [0.05, 0.1) is 18.8 Å². The monoisotopic (exact) mass is 256 g/mol. The predicted octanol–water partition coefficient (Wildman–Crippen LogP) is 0.803. The summed E-state index contributed by atoms with van der Waals surface area (Å²) in [4.78, 5) is 4.21. The normalized spacial score (nSPS) is 17.8. The Balaban J connectivity index is 1.90. The predicted molar refractivity (Wildman–Crippen MR) is 64.4 cm³/mol. The highest BCUT2D eigenvalue weighted by atomic mass is 32.2. The van der Waals surface area contributed by atoms with E-state index in [1.54, 1.807) is 13.0 Å². The maximum Gasteiger partial charge on any atom is 0.214 e. The van der Waals surface area contributed by atoms with Crippen LogP contribution >= 0.6 is 0 Å². The van der Waals surface area contributed by atoms with Crippen molar-refractivity contribution in [2.45, 2.75) is 20.0 Å². The summed E-state index contributed by atoms with van der Waals surface area (Å²) in [6.45, 7) is 4.38. The average molecular weight is 256 g/mol. The Morgan fingerprint density at radius 1 is 1.47 bits per heavy atom. The van der Waals surface area contributed by atoms with Crippen LogP contribution in [0.3, 0.4) is 0 Å². The van der Waals surface area contributed by atoms with Crippen LogP contribution in [0, 0.1) is 6.92 Å². The molecule has 1 aliphatic rings. The van der Waals surface area contributed by atoms with Crippen molar-refractivity contribution in [3.8, 4) is 5.88 Å². The van der Waals surface area contributed by atoms with Crippen LogP contribution in [0.2, 0.25) is 0 Å². The van der Waals surface area contributed by atoms with Crippen LogP contribution in [0.5, 0.6) is 5.88 Å². The number of hydrogen-bond donors (Lipinski definition) is 0. The molecule has 2 rings (SSSR count). The second-order valence-electron chi connectivity index (χ2n) is 4.07. The Labute approximate surface area is 101 Å². The Morgan fingerprint density at radius 2 is 2.18 bits per heavy atom. The first-order valence-electron chi connectivity index (χ1n) is 5.59. The zero-order chi connectivity index (χ0) is 12.5. The van der Waals surface area contributed by atoms with Gasteiger partial charge in [-0.2, -0.15) is 4.31 Å². The number of rotatable bonds is 4. The van der Waals surface area contributed by atoms with Gasteiger partial charge in [-0.25, -0.2) is 13.4 Å². The molecule has 94 valence electrons. The minimum absolute atomic E-state index is 0.0781. The van der Waals surface area contributed by atoms with Crippen LogP contribution in [0.25, 0.3) is 0 Å². The van der Waals surface area contributed by atoms with E-state index in [0.717, 1.165) is 5.69 Å². The third-order valence-corrected chi connectivity index (χ3v) is 4.54. The van der Waals surface area contributed by atoms with Crippen molar-refractivity contribution in [2.75, 3.05) is 18.8 Å². The fourth-order valence-corrected chi connectivity index (χ4v) is 2.79. The molecule has 0 saturated carbocycles. The molecule has 0 aliphatic carbocycles. The van der Waals surface area contributed by atoms with Crippen LogP contribution in [0.1, 0.15) is 12.6 Å². The largest absolute Gasteiger partial charge is 0.472 e. The molecule has 1 saturated heterocycles. The molecular weight excluding hydrogens is 240 g/mol. The second kappa shape index (κ2) is 4.62. The molecule has 0 spiro atoms. The molecular formula is C11H16N2O3S. The number of hydrogen-bond acceptors (Lipinski definition) is 4. The summed E-state index contributed by atoms with van der Waals surface area (Å²) in [6.07, 6.45) is -0.0781. The molecule has 0 bridgehead atoms. The first-order chi connectivity index (χ1) is 8.01. The lowest BCUT2D eigenvalue weighted by Crippen LogP contribution is -2.56. The first-order valence-corrected chi connectivity index (χ1v) is 7.20. The smallest absolute Gasteiger partial charge is 0.214 e. The molecule has 1 fully saturated rings. The van der Waals surface area contributed by atoms with Crippen LogP contribution < -0.4 is 4.74 Å². The number of aryl methyl sites for hydroxylation is 1. The van der Waals surface area contributed by atoms with Gasteiger partial charge in [0.2, 0.25) is 15.9 Å². The Bertz CT molecular complexity index is 495. The maximum absolute atomic E-state index is 11.5. The SMILES string of the molecule is CCS(=O)(=O)N1CC(Oc2cccc(C)n2)C1. The zero-order valence-corrected chi connectivity index (χ0v) is 10.8. The van der Waals surface area contributed by atoms with Crippen molar-refractivity contribution in [1.82, 2.24) is 9.29 Å². The van der Waals surface area contributed by atoms with Crippen LogP contribution in [0.4, 0.5) is 0 Å². The Morgan fingerprint density at radius 3 is 2.76 bits per heavy atom. The summed E-state index contributed by atoms with van der Waals surface area (Å²) in [7, 11) is -3.06. The van der Waals surface area contributed by atoms with Gasteiger partial charge in [0, 0.05) is 11.8 Å². The summed E-state index contributed by atoms with van der Waals surface area (Å²) in [5, 5.41) is 0. The minimum Gasteiger partial charge on any atom is -0.472 e. The topological polar surface area (TPSA) is 59.5 Å². The minimum atomic E-state index is -3.06. The van der Waals surface area contributed by atoms with Crippen LogP contribution in [-0.2, 0) is 10.0 Å². The number of aromatic nitrogens is 1. The van der Waals surface area contributed by atoms with E-state index in [2.05, 4.69) is 4.98 Å². The van der Waals surface area contributed by atoms with Crippen molar-refractivity contribution in [2.24, 2.45) is 0 Å². The van der Waals surface area contributed by atoms with Gasteiger partial charge in [-0.3, -0.25) is 0 Å². The Hall–Kier alpha value is -1.14. The highest BCUT2D eigenvalue weighted by molar-refractivity contribution is 7.89. The van der Waals surface area contributed by atoms with Gasteiger partial charge in [0.1, 0.15) is 6.10 Å². The molecule has 5 nitrogen and oxygen atoms in total. The summed E-state index contributed by atoms with van der Waals surface area (Å²) >= 11 is 0. The zero-order valence-electron chi connectivity index (χ0n) is 9.96. The lowest BCUT2D eigenvalue weighted by atomic mass is 10.2. The van der Waals surface area contributed by atoms with E-state index in [4.69, 9.17) is 4.74 Å². The third-order valence-electron chi connectivity index (χ3n) is 2.72. The van der Waals surface area contributed by atoms with E-state index in [9.17, 15) is 8.42 Å². The second-order valence-corrected chi connectivity index (χ2v) is 6.33. The van der Waals surface area contributed by atoms with Crippen molar-refractivity contribution in [3.63, 3.8) is 0 Å². The molecule has 1 aromatic heterocycles. The van der Waals surface area contributed by atoms with Gasteiger partial charge in [0.15, 0.2) is 0 Å². The van der Waals surface area contributed by atoms with Gasteiger partial charge in [0.25, 0.3) is 0 Å². The molecule has 0 radical (unpaired) electrons. The fraction of sp³-hybridized carbons (Fsp3) is 0.545. The number of ether oxygens (including phenoxy) is 1. The van der Waals surface area contributed by atoms with Crippen molar-refractivity contribution in [1.29, 1.82) is 0 Å². The standard InChI is InChI=1S/C11H16N2O3S/c1-3-17(14,15)13-7-10(8-13)16-11-6-4-5-9(2)12-11/h4-6,10H,3,7-8H2,1-2H3. The third kappa shape index (κ3) is 2.76. The number of sulfonamides is 1. The summed E-state index contributed by atoms with van der Waals surface area (Å²) < 4.78 is 30.0. The van der Waals surface area contributed by atoms with E-state index in [1.165, 1.54) is 4.31 Å². The van der Waals surface area contributed by atoms with E-state index in [0.29, 0.717) is 19.0 Å². The van der Waals surface area contributed by atoms with Crippen molar-refractivity contribution >= 4 is 10.0 Å². The quantitative estimate of drug-likeness (QED) is 0.799. The van der Waals surface area contributed by atoms with Crippen LogP contribution in [-0.4, -0.2) is 42.7 Å². The summed E-state index contributed by atoms with van der Waals surface area (Å²) in [6, 6.07) is 5.54. The number of pyridine rings is 1. The van der Waals surface area contributed by atoms with Crippen LogP contribution in [0.15, 0.2) is 18.2 Å². The highest BCUT2D eigenvalue weighted by Gasteiger charge is 2.36. The maximum atomic E-state index is 11.5. The van der Waals surface area contributed by atoms with Gasteiger partial charge >= 0.3 is 0 Å². The van der Waals surface area contributed by atoms with Gasteiger partial charge in [-0.15, -0.1) is 0 Å². The first kappa shape index (κ1) is 12.3. The molecule has 17 heavy (non-hydrogen) atoms. The average Bonchev–Trinajstić information content (AvgIpc) is 2.22. The lowest BCUT2D eigenvalue weighted by molar-refractivity contribution is 0.0721. The molecule has 1 aromatic rings. The van der Waals surface area contributed by atoms with E-state index in [-0.39, 0.29) is 11.9 Å². The fourth-order valence-electron chi connectivity index (χ4n) is 1.64. The van der Waals surface area contributed by atoms with Crippen molar-refractivity contribution < 1.29 is 13.2 Å². The highest BCUT2D eigenvalue weighted by Crippen LogP contribution is 2.19. The molecule has 0 aromatic carbocycles. The van der Waals surface area contributed by atoms with Crippen molar-refractivity contribution in [3.05, 3.63) is 23.9 Å². The van der Waals surface area contributed by atoms with Gasteiger partial charge < -0.3 is 4.74 Å². The number of nitrogens with zero attached hydrogens (tertiary/aromatic N) is 2. The molecule has 0 N–H and O–H groups in total. The lowest BCUT2D eigenvalue weighted by Gasteiger charge is -2.37. The molecule has 0 atom stereocenters. The molecule has 0 amide bonds. The molecule has 6 heteroatoms. The summed E-state index contributed by atoms with van der Waals surface area (Å²) in [5.41, 5.74) is 0.889. The van der Waals surface area contributed by atoms with Gasteiger partial charge in [-0.1, -0.05) is 6.07 Å². The van der Waals surface area contributed by atoms with Gasteiger partial charge in [-0.05, 0) is 19.9 Å². The van der Waals surface area contributed by atoms with E-state index in [1.807, 2.05) is 19.1 Å². The Kier molecular flexibility index (Phi) is 3.35.